The van der Waals surface area contributed by atoms with Crippen LogP contribution in [0.1, 0.15) is 24.2 Å². The summed E-state index contributed by atoms with van der Waals surface area (Å²) in [5.41, 5.74) is 0.796. The van der Waals surface area contributed by atoms with Gasteiger partial charge in [0, 0.05) is 12.0 Å². The normalized spacial score (nSPS) is 12.3. The summed E-state index contributed by atoms with van der Waals surface area (Å²) in [5.74, 6) is -0.0435. The van der Waals surface area contributed by atoms with Crippen molar-refractivity contribution < 1.29 is 28.1 Å². The second kappa shape index (κ2) is 8.51. The Balaban J connectivity index is 2.27. The number of aliphatic hydroxyl groups excluding tert-OH is 1. The molecular weight excluding hydrogens is 379 g/mol. The van der Waals surface area contributed by atoms with Crippen molar-refractivity contribution in [1.82, 2.24) is 0 Å². The fourth-order valence-corrected chi connectivity index (χ4v) is 2.83. The van der Waals surface area contributed by atoms with Gasteiger partial charge in [-0.05, 0) is 24.6 Å². The summed E-state index contributed by atoms with van der Waals surface area (Å²) in [6.07, 6.45) is 1.23. The van der Waals surface area contributed by atoms with Gasteiger partial charge in [-0.15, -0.1) is 0 Å². The number of aliphatic hydroxyl groups is 1. The third-order valence-electron chi connectivity index (χ3n) is 3.32. The molecular formula is C16H15Cl2F2NO4. The quantitative estimate of drug-likeness (QED) is 0.572. The molecule has 0 fully saturated rings. The highest BCUT2D eigenvalue weighted by atomic mass is 35.5. The average molecular weight is 394 g/mol. The topological polar surface area (TPSA) is 65.6 Å². The number of halogens is 4. The van der Waals surface area contributed by atoms with E-state index >= 15 is 0 Å². The van der Waals surface area contributed by atoms with Gasteiger partial charge >= 0.3 is 6.61 Å². The lowest BCUT2D eigenvalue weighted by molar-refractivity contribution is -0.605. The third kappa shape index (κ3) is 5.07. The van der Waals surface area contributed by atoms with Crippen LogP contribution in [0.3, 0.4) is 0 Å². The van der Waals surface area contributed by atoms with Crippen molar-refractivity contribution in [1.29, 1.82) is 0 Å². The maximum absolute atomic E-state index is 12.4. The number of rotatable bonds is 7. The van der Waals surface area contributed by atoms with E-state index in [0.29, 0.717) is 15.9 Å². The van der Waals surface area contributed by atoms with Crippen molar-refractivity contribution in [3.8, 4) is 11.5 Å². The highest BCUT2D eigenvalue weighted by molar-refractivity contribution is 6.35. The number of aromatic nitrogens is 1. The second-order valence-electron chi connectivity index (χ2n) is 5.03. The first-order valence-electron chi connectivity index (χ1n) is 7.28. The third-order valence-corrected chi connectivity index (χ3v) is 3.98. The summed E-state index contributed by atoms with van der Waals surface area (Å²) in [7, 11) is 0. The van der Waals surface area contributed by atoms with Gasteiger partial charge in [-0.2, -0.15) is 13.5 Å². The van der Waals surface area contributed by atoms with Gasteiger partial charge in [-0.1, -0.05) is 29.3 Å². The first-order valence-corrected chi connectivity index (χ1v) is 8.03. The van der Waals surface area contributed by atoms with Crippen LogP contribution in [0, 0.1) is 5.21 Å². The average Bonchev–Trinajstić information content (AvgIpc) is 2.52. The predicted molar refractivity (Wildman–Crippen MR) is 88.3 cm³/mol. The Kier molecular flexibility index (Phi) is 6.64. The minimum atomic E-state index is -2.99. The van der Waals surface area contributed by atoms with Crippen LogP contribution >= 0.6 is 23.2 Å². The molecule has 0 aliphatic carbocycles. The zero-order valence-electron chi connectivity index (χ0n) is 13.1. The van der Waals surface area contributed by atoms with Crippen LogP contribution in [0.4, 0.5) is 8.78 Å². The number of nitrogens with zero attached hydrogens (tertiary/aromatic N) is 1. The second-order valence-corrected chi connectivity index (χ2v) is 5.84. The monoisotopic (exact) mass is 393 g/mol. The van der Waals surface area contributed by atoms with E-state index in [1.165, 1.54) is 18.2 Å². The highest BCUT2D eigenvalue weighted by Crippen LogP contribution is 2.34. The number of alkyl halides is 2. The van der Waals surface area contributed by atoms with E-state index in [-0.39, 0.29) is 34.6 Å². The van der Waals surface area contributed by atoms with Crippen LogP contribution in [0.5, 0.6) is 11.5 Å². The van der Waals surface area contributed by atoms with Crippen molar-refractivity contribution in [3.63, 3.8) is 0 Å². The summed E-state index contributed by atoms with van der Waals surface area (Å²) < 4.78 is 35.0. The fourth-order valence-electron chi connectivity index (χ4n) is 2.23. The van der Waals surface area contributed by atoms with Crippen LogP contribution < -0.4 is 14.2 Å². The molecule has 0 saturated heterocycles. The molecule has 1 atom stereocenters. The van der Waals surface area contributed by atoms with Crippen LogP contribution in [0.15, 0.2) is 30.6 Å². The van der Waals surface area contributed by atoms with Crippen molar-refractivity contribution in [2.24, 2.45) is 0 Å². The van der Waals surface area contributed by atoms with E-state index in [9.17, 15) is 19.1 Å². The standard InChI is InChI=1S/C16H15Cl2F2NO4/c1-2-24-15-5-9(3-4-14(15)25-16(19)20)13(22)6-10-11(17)7-21(23)8-12(10)18/h3-5,7-8,13,16,22H,2,6H2,1H3. The van der Waals surface area contributed by atoms with Crippen LogP contribution in [-0.4, -0.2) is 18.3 Å². The number of pyridine rings is 1. The molecule has 5 nitrogen and oxygen atoms in total. The molecule has 1 aromatic carbocycles. The summed E-state index contributed by atoms with van der Waals surface area (Å²) >= 11 is 12.0. The van der Waals surface area contributed by atoms with Gasteiger partial charge in [0.25, 0.3) is 0 Å². The summed E-state index contributed by atoms with van der Waals surface area (Å²) in [6.45, 7) is -1.06. The summed E-state index contributed by atoms with van der Waals surface area (Å²) in [6, 6.07) is 4.13. The minimum Gasteiger partial charge on any atom is -0.619 e. The Morgan fingerprint density at radius 2 is 1.84 bits per heavy atom. The van der Waals surface area contributed by atoms with Crippen molar-refractivity contribution in [2.45, 2.75) is 26.1 Å². The number of ether oxygens (including phenoxy) is 2. The molecule has 1 aromatic heterocycles. The first-order chi connectivity index (χ1) is 11.8. The van der Waals surface area contributed by atoms with Gasteiger partial charge in [-0.3, -0.25) is 0 Å². The molecule has 0 saturated carbocycles. The number of hydrogen-bond donors (Lipinski definition) is 1. The Bertz CT molecular complexity index is 723. The van der Waals surface area contributed by atoms with Crippen LogP contribution in [0.25, 0.3) is 0 Å². The van der Waals surface area contributed by atoms with Crippen molar-refractivity contribution in [2.75, 3.05) is 6.61 Å². The zero-order valence-corrected chi connectivity index (χ0v) is 14.6. The summed E-state index contributed by atoms with van der Waals surface area (Å²) in [5, 5.41) is 21.9. The lowest BCUT2D eigenvalue weighted by atomic mass is 10.0. The minimum absolute atomic E-state index is 0.0269. The van der Waals surface area contributed by atoms with Gasteiger partial charge in [-0.25, -0.2) is 0 Å². The molecule has 0 radical (unpaired) electrons. The molecule has 0 bridgehead atoms. The molecule has 0 spiro atoms. The van der Waals surface area contributed by atoms with Crippen molar-refractivity contribution >= 4 is 23.2 Å². The molecule has 136 valence electrons. The maximum atomic E-state index is 12.4. The Labute approximate surface area is 152 Å². The van der Waals surface area contributed by atoms with E-state index in [2.05, 4.69) is 4.74 Å². The molecule has 1 unspecified atom stereocenters. The number of hydrogen-bond acceptors (Lipinski definition) is 4. The molecule has 2 aromatic rings. The van der Waals surface area contributed by atoms with Crippen molar-refractivity contribution in [3.05, 3.63) is 57.0 Å². The molecule has 2 rings (SSSR count). The van der Waals surface area contributed by atoms with Gasteiger partial charge in [0.05, 0.1) is 12.7 Å². The molecule has 25 heavy (non-hydrogen) atoms. The largest absolute Gasteiger partial charge is 0.619 e. The predicted octanol–water partition coefficient (Wildman–Crippen LogP) is 3.90. The van der Waals surface area contributed by atoms with Crippen LogP contribution in [0.2, 0.25) is 10.0 Å². The first kappa shape index (κ1) is 19.5. The lowest BCUT2D eigenvalue weighted by Crippen LogP contribution is -2.25. The molecule has 1 N–H and O–H groups in total. The molecule has 1 heterocycles. The van der Waals surface area contributed by atoms with Gasteiger partial charge in [0.2, 0.25) is 0 Å². The summed E-state index contributed by atoms with van der Waals surface area (Å²) in [4.78, 5) is 0. The van der Waals surface area contributed by atoms with Gasteiger partial charge in [0.15, 0.2) is 23.9 Å². The Hall–Kier alpha value is -1.83. The van der Waals surface area contributed by atoms with Gasteiger partial charge in [0.1, 0.15) is 10.0 Å². The zero-order chi connectivity index (χ0) is 18.6. The number of benzene rings is 1. The van der Waals surface area contributed by atoms with Gasteiger partial charge < -0.3 is 19.8 Å². The molecule has 0 amide bonds. The Morgan fingerprint density at radius 3 is 2.40 bits per heavy atom. The van der Waals surface area contributed by atoms with E-state index in [1.807, 2.05) is 0 Å². The maximum Gasteiger partial charge on any atom is 0.387 e. The SMILES string of the molecule is CCOc1cc(C(O)Cc2c(Cl)c[n+]([O-])cc2Cl)ccc1OC(F)F. The smallest absolute Gasteiger partial charge is 0.387 e. The van der Waals surface area contributed by atoms with E-state index in [1.54, 1.807) is 6.92 Å². The lowest BCUT2D eigenvalue weighted by Gasteiger charge is -2.16. The highest BCUT2D eigenvalue weighted by Gasteiger charge is 2.19. The van der Waals surface area contributed by atoms with Crippen LogP contribution in [-0.2, 0) is 6.42 Å². The molecule has 0 aliphatic heterocycles. The fraction of sp³-hybridized carbons (Fsp3) is 0.312. The van der Waals surface area contributed by atoms with E-state index in [0.717, 1.165) is 12.4 Å². The molecule has 9 heteroatoms. The molecule has 0 aliphatic rings. The Morgan fingerprint density at radius 1 is 1.20 bits per heavy atom. The van der Waals surface area contributed by atoms with E-state index in [4.69, 9.17) is 27.9 Å². The van der Waals surface area contributed by atoms with E-state index < -0.39 is 12.7 Å².